The van der Waals surface area contributed by atoms with E-state index in [0.717, 1.165) is 30.0 Å². The summed E-state index contributed by atoms with van der Waals surface area (Å²) in [5.74, 6) is 1.77. The SMILES string of the molecule is COc1cc(C2(C(C)N)CC2)c(OC)cc1N(C)C. The van der Waals surface area contributed by atoms with Crippen molar-refractivity contribution < 1.29 is 9.47 Å². The highest BCUT2D eigenvalue weighted by Crippen LogP contribution is 2.55. The summed E-state index contributed by atoms with van der Waals surface area (Å²) >= 11 is 0. The van der Waals surface area contributed by atoms with Gasteiger partial charge in [-0.2, -0.15) is 0 Å². The van der Waals surface area contributed by atoms with Gasteiger partial charge in [-0.05, 0) is 25.8 Å². The van der Waals surface area contributed by atoms with Crippen molar-refractivity contribution in [2.45, 2.75) is 31.2 Å². The molecule has 0 aliphatic heterocycles. The minimum atomic E-state index is 0.0590. The Labute approximate surface area is 115 Å². The van der Waals surface area contributed by atoms with Crippen LogP contribution in [0, 0.1) is 0 Å². The van der Waals surface area contributed by atoms with Gasteiger partial charge < -0.3 is 20.1 Å². The third kappa shape index (κ3) is 2.25. The zero-order valence-electron chi connectivity index (χ0n) is 12.5. The minimum Gasteiger partial charge on any atom is -0.496 e. The lowest BCUT2D eigenvalue weighted by molar-refractivity contribution is 0.389. The topological polar surface area (TPSA) is 47.7 Å². The second-order valence-electron chi connectivity index (χ2n) is 5.56. The standard InChI is InChI=1S/C15H24N2O2/c1-10(16)15(6-7-15)11-8-14(19-5)12(17(2)3)9-13(11)18-4/h8-10H,6-7,16H2,1-5H3. The molecule has 1 atom stereocenters. The molecule has 0 aromatic heterocycles. The Morgan fingerprint density at radius 2 is 1.74 bits per heavy atom. The number of nitrogens with zero attached hydrogens (tertiary/aromatic N) is 1. The van der Waals surface area contributed by atoms with E-state index in [1.807, 2.05) is 25.1 Å². The Bertz CT molecular complexity index is 465. The van der Waals surface area contributed by atoms with Crippen LogP contribution in [0.5, 0.6) is 11.5 Å². The third-order valence-electron chi connectivity index (χ3n) is 4.18. The smallest absolute Gasteiger partial charge is 0.142 e. The van der Waals surface area contributed by atoms with Gasteiger partial charge >= 0.3 is 0 Å². The number of hydrogen-bond donors (Lipinski definition) is 1. The second kappa shape index (κ2) is 4.93. The van der Waals surface area contributed by atoms with Crippen molar-refractivity contribution in [3.63, 3.8) is 0 Å². The van der Waals surface area contributed by atoms with Gasteiger partial charge in [0.25, 0.3) is 0 Å². The molecule has 0 amide bonds. The molecule has 1 aromatic carbocycles. The van der Waals surface area contributed by atoms with Crippen molar-refractivity contribution in [1.29, 1.82) is 0 Å². The van der Waals surface area contributed by atoms with E-state index < -0.39 is 0 Å². The van der Waals surface area contributed by atoms with Crippen LogP contribution < -0.4 is 20.1 Å². The molecule has 1 aliphatic carbocycles. The summed E-state index contributed by atoms with van der Waals surface area (Å²) in [6.45, 7) is 2.07. The van der Waals surface area contributed by atoms with E-state index >= 15 is 0 Å². The largest absolute Gasteiger partial charge is 0.496 e. The van der Waals surface area contributed by atoms with Crippen LogP contribution in [0.3, 0.4) is 0 Å². The zero-order chi connectivity index (χ0) is 14.2. The van der Waals surface area contributed by atoms with Crippen LogP contribution in [-0.2, 0) is 5.41 Å². The molecule has 1 saturated carbocycles. The predicted octanol–water partition coefficient (Wildman–Crippen LogP) is 2.15. The summed E-state index contributed by atoms with van der Waals surface area (Å²) in [7, 11) is 7.40. The van der Waals surface area contributed by atoms with Crippen molar-refractivity contribution in [3.05, 3.63) is 17.7 Å². The number of anilines is 1. The Hall–Kier alpha value is -1.42. The first-order valence-corrected chi connectivity index (χ1v) is 6.65. The molecule has 0 saturated heterocycles. The van der Waals surface area contributed by atoms with E-state index in [-0.39, 0.29) is 11.5 Å². The molecule has 4 nitrogen and oxygen atoms in total. The summed E-state index contributed by atoms with van der Waals surface area (Å²) in [6.07, 6.45) is 2.23. The van der Waals surface area contributed by atoms with E-state index in [0.29, 0.717) is 0 Å². The Morgan fingerprint density at radius 3 is 2.11 bits per heavy atom. The van der Waals surface area contributed by atoms with Gasteiger partial charge in [0, 0.05) is 37.2 Å². The number of nitrogens with two attached hydrogens (primary N) is 1. The molecule has 2 N–H and O–H groups in total. The maximum absolute atomic E-state index is 6.17. The number of benzene rings is 1. The normalized spacial score (nSPS) is 17.8. The van der Waals surface area contributed by atoms with E-state index in [1.165, 1.54) is 5.56 Å². The first-order chi connectivity index (χ1) is 8.96. The number of rotatable bonds is 5. The average Bonchev–Trinajstić information content (AvgIpc) is 3.18. The molecular weight excluding hydrogens is 240 g/mol. The molecule has 19 heavy (non-hydrogen) atoms. The van der Waals surface area contributed by atoms with Gasteiger partial charge in [0.2, 0.25) is 0 Å². The maximum atomic E-state index is 6.17. The molecule has 2 rings (SSSR count). The molecule has 106 valence electrons. The van der Waals surface area contributed by atoms with Crippen LogP contribution in [0.4, 0.5) is 5.69 Å². The summed E-state index contributed by atoms with van der Waals surface area (Å²) in [4.78, 5) is 2.02. The van der Waals surface area contributed by atoms with E-state index in [9.17, 15) is 0 Å². The fourth-order valence-corrected chi connectivity index (χ4v) is 2.72. The predicted molar refractivity (Wildman–Crippen MR) is 78.4 cm³/mol. The van der Waals surface area contributed by atoms with Gasteiger partial charge in [-0.1, -0.05) is 0 Å². The summed E-state index contributed by atoms with van der Waals surface area (Å²) in [5.41, 5.74) is 8.42. The Morgan fingerprint density at radius 1 is 1.16 bits per heavy atom. The van der Waals surface area contributed by atoms with Crippen LogP contribution in [0.15, 0.2) is 12.1 Å². The number of methoxy groups -OCH3 is 2. The van der Waals surface area contributed by atoms with Crippen LogP contribution in [-0.4, -0.2) is 34.4 Å². The molecule has 0 heterocycles. The third-order valence-corrected chi connectivity index (χ3v) is 4.18. The molecule has 1 aromatic rings. The molecule has 1 unspecified atom stereocenters. The molecule has 1 fully saturated rings. The average molecular weight is 264 g/mol. The zero-order valence-corrected chi connectivity index (χ0v) is 12.5. The minimum absolute atomic E-state index is 0.0590. The molecule has 4 heteroatoms. The van der Waals surface area contributed by atoms with Gasteiger partial charge in [-0.3, -0.25) is 0 Å². The van der Waals surface area contributed by atoms with Crippen LogP contribution in [0.2, 0.25) is 0 Å². The highest BCUT2D eigenvalue weighted by molar-refractivity contribution is 5.65. The van der Waals surface area contributed by atoms with Gasteiger partial charge in [0.05, 0.1) is 19.9 Å². The maximum Gasteiger partial charge on any atom is 0.142 e. The second-order valence-corrected chi connectivity index (χ2v) is 5.56. The van der Waals surface area contributed by atoms with E-state index in [2.05, 4.69) is 13.0 Å². The highest BCUT2D eigenvalue weighted by atomic mass is 16.5. The fraction of sp³-hybridized carbons (Fsp3) is 0.600. The van der Waals surface area contributed by atoms with Crippen molar-refractivity contribution in [2.75, 3.05) is 33.2 Å². The first-order valence-electron chi connectivity index (χ1n) is 6.65. The summed E-state index contributed by atoms with van der Waals surface area (Å²) in [6, 6.07) is 4.25. The fourth-order valence-electron chi connectivity index (χ4n) is 2.72. The van der Waals surface area contributed by atoms with Gasteiger partial charge in [-0.25, -0.2) is 0 Å². The van der Waals surface area contributed by atoms with Crippen molar-refractivity contribution in [3.8, 4) is 11.5 Å². The molecule has 0 spiro atoms. The number of ether oxygens (including phenoxy) is 2. The molecular formula is C15H24N2O2. The van der Waals surface area contributed by atoms with Crippen LogP contribution in [0.1, 0.15) is 25.3 Å². The molecule has 0 radical (unpaired) electrons. The van der Waals surface area contributed by atoms with Crippen LogP contribution >= 0.6 is 0 Å². The Balaban J connectivity index is 2.55. The van der Waals surface area contributed by atoms with Gasteiger partial charge in [-0.15, -0.1) is 0 Å². The quantitative estimate of drug-likeness (QED) is 0.885. The molecule has 0 bridgehead atoms. The van der Waals surface area contributed by atoms with Gasteiger partial charge in [0.15, 0.2) is 0 Å². The Kier molecular flexibility index (Phi) is 3.63. The highest BCUT2D eigenvalue weighted by Gasteiger charge is 2.49. The first kappa shape index (κ1) is 14.0. The lowest BCUT2D eigenvalue weighted by Crippen LogP contribution is -2.32. The summed E-state index contributed by atoms with van der Waals surface area (Å²) < 4.78 is 11.1. The number of hydrogen-bond acceptors (Lipinski definition) is 4. The van der Waals surface area contributed by atoms with Crippen molar-refractivity contribution >= 4 is 5.69 Å². The van der Waals surface area contributed by atoms with Crippen LogP contribution in [0.25, 0.3) is 0 Å². The monoisotopic (exact) mass is 264 g/mol. The lowest BCUT2D eigenvalue weighted by atomic mass is 9.88. The van der Waals surface area contributed by atoms with E-state index in [1.54, 1.807) is 14.2 Å². The van der Waals surface area contributed by atoms with Crippen molar-refractivity contribution in [1.82, 2.24) is 0 Å². The van der Waals surface area contributed by atoms with Crippen molar-refractivity contribution in [2.24, 2.45) is 5.73 Å². The summed E-state index contributed by atoms with van der Waals surface area (Å²) in [5, 5.41) is 0. The lowest BCUT2D eigenvalue weighted by Gasteiger charge is -2.26. The van der Waals surface area contributed by atoms with E-state index in [4.69, 9.17) is 15.2 Å². The van der Waals surface area contributed by atoms with Gasteiger partial charge in [0.1, 0.15) is 11.5 Å². The molecule has 1 aliphatic rings.